The Kier molecular flexibility index (Phi) is 36.2. The molecule has 0 saturated heterocycles. The largest absolute Gasteiger partial charge is 0.726 e. The van der Waals surface area contributed by atoms with E-state index in [0.717, 1.165) is 45.3 Å². The van der Waals surface area contributed by atoms with Crippen molar-refractivity contribution in [1.29, 1.82) is 0 Å². The molecule has 0 aromatic carbocycles. The number of methoxy groups -OCH3 is 1. The van der Waals surface area contributed by atoms with E-state index in [-0.39, 0.29) is 18.6 Å². The van der Waals surface area contributed by atoms with Gasteiger partial charge in [0.2, 0.25) is 10.4 Å². The molecule has 9 nitrogen and oxygen atoms in total. The van der Waals surface area contributed by atoms with Crippen LogP contribution in [-0.4, -0.2) is 86.1 Å². The summed E-state index contributed by atoms with van der Waals surface area (Å²) in [5.74, 6) is 0. The molecule has 0 aliphatic carbocycles. The SMILES string of the molecule is CCCCCCCCCCCCCCOC[C@](CCCCCCCCOCCCCCCC)(COCCOC)COCCOS(=O)(=O)[O-]. The first kappa shape index (κ1) is 47.7. The maximum atomic E-state index is 10.8. The smallest absolute Gasteiger partial charge is 0.217 e. The lowest BCUT2D eigenvalue weighted by Gasteiger charge is -2.33. The quantitative estimate of drug-likeness (QED) is 0.0348. The van der Waals surface area contributed by atoms with Gasteiger partial charge in [-0.05, 0) is 25.7 Å². The zero-order chi connectivity index (χ0) is 35.3. The molecule has 0 heterocycles. The predicted octanol–water partition coefficient (Wildman–Crippen LogP) is 9.56. The van der Waals surface area contributed by atoms with Gasteiger partial charge in [0.25, 0.3) is 0 Å². The van der Waals surface area contributed by atoms with Crippen LogP contribution < -0.4 is 0 Å². The van der Waals surface area contributed by atoms with Crippen LogP contribution in [-0.2, 0) is 38.3 Å². The van der Waals surface area contributed by atoms with Gasteiger partial charge in [0.1, 0.15) is 0 Å². The topological polar surface area (TPSA) is 113 Å². The lowest BCUT2D eigenvalue weighted by molar-refractivity contribution is -0.0825. The number of hydrogen-bond acceptors (Lipinski definition) is 9. The number of rotatable bonds is 41. The van der Waals surface area contributed by atoms with E-state index < -0.39 is 10.4 Å². The summed E-state index contributed by atoms with van der Waals surface area (Å²) in [5.41, 5.74) is -0.369. The van der Waals surface area contributed by atoms with Crippen LogP contribution in [0.25, 0.3) is 0 Å². The van der Waals surface area contributed by atoms with Crippen LogP contribution in [0, 0.1) is 5.41 Å². The van der Waals surface area contributed by atoms with Crippen LogP contribution in [0.3, 0.4) is 0 Å². The van der Waals surface area contributed by atoms with Gasteiger partial charge in [-0.15, -0.1) is 0 Å². The molecule has 10 heteroatoms. The van der Waals surface area contributed by atoms with Crippen molar-refractivity contribution in [2.24, 2.45) is 5.41 Å². The molecule has 0 aliphatic heterocycles. The Bertz CT molecular complexity index is 704. The Balaban J connectivity index is 4.55. The molecule has 0 saturated carbocycles. The average molecular weight is 710 g/mol. The van der Waals surface area contributed by atoms with E-state index in [4.69, 9.17) is 23.7 Å². The summed E-state index contributed by atoms with van der Waals surface area (Å²) in [7, 11) is -3.08. The average Bonchev–Trinajstić information content (AvgIpc) is 3.06. The molecule has 0 amide bonds. The molecule has 0 aromatic rings. The summed E-state index contributed by atoms with van der Waals surface area (Å²) < 4.78 is 65.9. The molecule has 0 unspecified atom stereocenters. The van der Waals surface area contributed by atoms with Crippen molar-refractivity contribution in [2.75, 3.05) is 73.2 Å². The molecule has 0 radical (unpaired) electrons. The molecule has 0 aromatic heterocycles. The summed E-state index contributed by atoms with van der Waals surface area (Å²) in [6.45, 7) is 8.98. The molecule has 1 atom stereocenters. The summed E-state index contributed by atoms with van der Waals surface area (Å²) in [6.07, 6.45) is 29.7. The minimum Gasteiger partial charge on any atom is -0.726 e. The van der Waals surface area contributed by atoms with Gasteiger partial charge in [-0.2, -0.15) is 0 Å². The third kappa shape index (κ3) is 35.5. The van der Waals surface area contributed by atoms with Crippen LogP contribution in [0.15, 0.2) is 0 Å². The number of ether oxygens (including phenoxy) is 5. The van der Waals surface area contributed by atoms with E-state index >= 15 is 0 Å². The lowest BCUT2D eigenvalue weighted by Crippen LogP contribution is -2.38. The van der Waals surface area contributed by atoms with Gasteiger partial charge in [-0.25, -0.2) is 8.42 Å². The van der Waals surface area contributed by atoms with E-state index in [1.54, 1.807) is 7.11 Å². The maximum absolute atomic E-state index is 10.8. The summed E-state index contributed by atoms with van der Waals surface area (Å²) in [5, 5.41) is 0. The normalized spacial score (nSPS) is 13.3. The van der Waals surface area contributed by atoms with Crippen LogP contribution in [0.1, 0.15) is 168 Å². The van der Waals surface area contributed by atoms with Crippen molar-refractivity contribution >= 4 is 10.4 Å². The zero-order valence-corrected chi connectivity index (χ0v) is 32.4. The van der Waals surface area contributed by atoms with Gasteiger partial charge >= 0.3 is 0 Å². The summed E-state index contributed by atoms with van der Waals surface area (Å²) in [4.78, 5) is 0. The second-order valence-electron chi connectivity index (χ2n) is 13.7. The molecule has 0 spiro atoms. The van der Waals surface area contributed by atoms with Gasteiger partial charge < -0.3 is 28.2 Å². The van der Waals surface area contributed by atoms with E-state index in [2.05, 4.69) is 18.0 Å². The Labute approximate surface area is 297 Å². The van der Waals surface area contributed by atoms with Gasteiger partial charge in [-0.3, -0.25) is 4.18 Å². The van der Waals surface area contributed by atoms with Crippen molar-refractivity contribution < 1.29 is 40.8 Å². The Hall–Kier alpha value is -0.330. The molecule has 0 bridgehead atoms. The lowest BCUT2D eigenvalue weighted by atomic mass is 9.84. The molecule has 0 N–H and O–H groups in total. The molecule has 48 heavy (non-hydrogen) atoms. The standard InChI is InChI=1S/C38H78O9S/c1-4-6-8-10-11-12-13-14-15-17-22-26-30-44-35-38(36-45-32-31-42-3,37-46-33-34-47-48(39,40)41)27-23-19-16-18-21-25-29-43-28-24-20-9-7-5-2/h4-37H2,1-3H3,(H,39,40,41)/p-1/t38-/m1/s1. The highest BCUT2D eigenvalue weighted by atomic mass is 32.3. The fourth-order valence-corrected chi connectivity index (χ4v) is 6.18. The zero-order valence-electron chi connectivity index (χ0n) is 31.6. The third-order valence-electron chi connectivity index (χ3n) is 8.89. The molecular weight excluding hydrogens is 632 g/mol. The fourth-order valence-electron chi connectivity index (χ4n) is 5.91. The minimum absolute atomic E-state index is 0.0147. The van der Waals surface area contributed by atoms with Crippen LogP contribution in [0.5, 0.6) is 0 Å². The van der Waals surface area contributed by atoms with Crippen molar-refractivity contribution in [3.05, 3.63) is 0 Å². The second kappa shape index (κ2) is 36.5. The number of unbranched alkanes of at least 4 members (excludes halogenated alkanes) is 20. The Morgan fingerprint density at radius 1 is 0.438 bits per heavy atom. The highest BCUT2D eigenvalue weighted by Gasteiger charge is 2.31. The molecular formula is C38H77O9S-. The minimum atomic E-state index is -4.74. The second-order valence-corrected chi connectivity index (χ2v) is 14.7. The van der Waals surface area contributed by atoms with Crippen molar-refractivity contribution in [2.45, 2.75) is 168 Å². The summed E-state index contributed by atoms with van der Waals surface area (Å²) in [6, 6.07) is 0. The van der Waals surface area contributed by atoms with Gasteiger partial charge in [-0.1, -0.05) is 142 Å². The fraction of sp³-hybridized carbons (Fsp3) is 1.00. The summed E-state index contributed by atoms with van der Waals surface area (Å²) >= 11 is 0. The van der Waals surface area contributed by atoms with Crippen LogP contribution >= 0.6 is 0 Å². The van der Waals surface area contributed by atoms with E-state index in [1.807, 2.05) is 0 Å². The van der Waals surface area contributed by atoms with Crippen LogP contribution in [0.4, 0.5) is 0 Å². The van der Waals surface area contributed by atoms with Crippen LogP contribution in [0.2, 0.25) is 0 Å². The molecule has 0 rings (SSSR count). The van der Waals surface area contributed by atoms with Gasteiger partial charge in [0, 0.05) is 32.3 Å². The Morgan fingerprint density at radius 3 is 1.21 bits per heavy atom. The van der Waals surface area contributed by atoms with E-state index in [0.29, 0.717) is 39.6 Å². The molecule has 290 valence electrons. The first-order valence-corrected chi connectivity index (χ1v) is 21.1. The van der Waals surface area contributed by atoms with Gasteiger partial charge in [0.15, 0.2) is 0 Å². The van der Waals surface area contributed by atoms with E-state index in [1.165, 1.54) is 122 Å². The first-order valence-electron chi connectivity index (χ1n) is 19.8. The van der Waals surface area contributed by atoms with E-state index in [9.17, 15) is 13.0 Å². The monoisotopic (exact) mass is 710 g/mol. The molecule has 0 fully saturated rings. The maximum Gasteiger partial charge on any atom is 0.217 e. The number of hydrogen-bond donors (Lipinski definition) is 0. The highest BCUT2D eigenvalue weighted by molar-refractivity contribution is 7.80. The Morgan fingerprint density at radius 2 is 0.792 bits per heavy atom. The van der Waals surface area contributed by atoms with Gasteiger partial charge in [0.05, 0.1) is 46.2 Å². The molecule has 0 aliphatic rings. The predicted molar refractivity (Wildman–Crippen MR) is 195 cm³/mol. The van der Waals surface area contributed by atoms with Crippen molar-refractivity contribution in [3.8, 4) is 0 Å². The first-order chi connectivity index (χ1) is 23.4. The van der Waals surface area contributed by atoms with Crippen molar-refractivity contribution in [1.82, 2.24) is 0 Å². The van der Waals surface area contributed by atoms with Crippen molar-refractivity contribution in [3.63, 3.8) is 0 Å². The highest BCUT2D eigenvalue weighted by Crippen LogP contribution is 2.28. The third-order valence-corrected chi connectivity index (χ3v) is 9.35.